The van der Waals surface area contributed by atoms with Crippen molar-refractivity contribution < 1.29 is 0 Å². The number of nitrogens with zero attached hydrogens (tertiary/aromatic N) is 1. The lowest BCUT2D eigenvalue weighted by molar-refractivity contribution is 0.859. The van der Waals surface area contributed by atoms with Crippen molar-refractivity contribution in [2.75, 3.05) is 11.1 Å². The molecule has 0 saturated heterocycles. The Kier molecular flexibility index (Phi) is 3.06. The van der Waals surface area contributed by atoms with Gasteiger partial charge in [-0.3, -0.25) is 0 Å². The van der Waals surface area contributed by atoms with Gasteiger partial charge in [-0.15, -0.1) is 0 Å². The van der Waals surface area contributed by atoms with E-state index in [1.807, 2.05) is 18.2 Å². The van der Waals surface area contributed by atoms with E-state index in [9.17, 15) is 0 Å². The number of aromatic nitrogens is 2. The van der Waals surface area contributed by atoms with Gasteiger partial charge in [0.2, 0.25) is 5.95 Å². The molecule has 4 nitrogen and oxygen atoms in total. The van der Waals surface area contributed by atoms with Crippen LogP contribution in [-0.2, 0) is 0 Å². The summed E-state index contributed by atoms with van der Waals surface area (Å²) >= 11 is 0. The Morgan fingerprint density at radius 3 is 2.80 bits per heavy atom. The molecule has 0 bridgehead atoms. The van der Waals surface area contributed by atoms with E-state index in [2.05, 4.69) is 53.4 Å². The Hall–Kier alpha value is -2.49. The number of aryl methyl sites for hydroxylation is 1. The van der Waals surface area contributed by atoms with Crippen LogP contribution in [0.25, 0.3) is 11.0 Å². The van der Waals surface area contributed by atoms with Crippen molar-refractivity contribution in [2.45, 2.75) is 19.9 Å². The van der Waals surface area contributed by atoms with Gasteiger partial charge < -0.3 is 16.0 Å². The summed E-state index contributed by atoms with van der Waals surface area (Å²) in [4.78, 5) is 7.78. The van der Waals surface area contributed by atoms with E-state index < -0.39 is 0 Å². The molecule has 4 N–H and O–H groups in total. The predicted octanol–water partition coefficient (Wildman–Crippen LogP) is 3.63. The zero-order chi connectivity index (χ0) is 14.1. The fraction of sp³-hybridized carbons (Fsp3) is 0.188. The molecule has 0 amide bonds. The zero-order valence-electron chi connectivity index (χ0n) is 11.6. The second-order valence-electron chi connectivity index (χ2n) is 5.08. The van der Waals surface area contributed by atoms with Gasteiger partial charge in [0.15, 0.2) is 0 Å². The maximum Gasteiger partial charge on any atom is 0.201 e. The first-order chi connectivity index (χ1) is 9.63. The summed E-state index contributed by atoms with van der Waals surface area (Å²) in [5, 5.41) is 3.40. The van der Waals surface area contributed by atoms with Gasteiger partial charge in [0.1, 0.15) is 0 Å². The molecule has 0 aliphatic rings. The fourth-order valence-electron chi connectivity index (χ4n) is 2.45. The standard InChI is InChI=1S/C16H18N4/c1-10-5-3-4-6-13(10)11(2)18-16-19-14-8-7-12(17)9-15(14)20-16/h3-9,11H,17H2,1-2H3,(H2,18,19,20). The van der Waals surface area contributed by atoms with Crippen LogP contribution >= 0.6 is 0 Å². The summed E-state index contributed by atoms with van der Waals surface area (Å²) in [5.41, 5.74) is 10.9. The van der Waals surface area contributed by atoms with Crippen LogP contribution in [0.5, 0.6) is 0 Å². The van der Waals surface area contributed by atoms with Gasteiger partial charge in [0, 0.05) is 5.69 Å². The fourth-order valence-corrected chi connectivity index (χ4v) is 2.45. The Bertz CT molecular complexity index is 745. The van der Waals surface area contributed by atoms with Crippen LogP contribution in [0.1, 0.15) is 24.1 Å². The Balaban J connectivity index is 1.87. The first kappa shape index (κ1) is 12.5. The highest BCUT2D eigenvalue weighted by atomic mass is 15.1. The van der Waals surface area contributed by atoms with Crippen molar-refractivity contribution in [3.63, 3.8) is 0 Å². The highest BCUT2D eigenvalue weighted by Gasteiger charge is 2.10. The highest BCUT2D eigenvalue weighted by molar-refractivity contribution is 5.80. The molecule has 1 unspecified atom stereocenters. The SMILES string of the molecule is Cc1ccccc1C(C)Nc1nc2ccc(N)cc2[nH]1. The Morgan fingerprint density at radius 2 is 2.00 bits per heavy atom. The molecule has 0 spiro atoms. The van der Waals surface area contributed by atoms with Gasteiger partial charge >= 0.3 is 0 Å². The molecule has 2 aromatic carbocycles. The topological polar surface area (TPSA) is 66.7 Å². The van der Waals surface area contributed by atoms with Crippen molar-refractivity contribution in [1.29, 1.82) is 0 Å². The van der Waals surface area contributed by atoms with E-state index in [0.717, 1.165) is 22.7 Å². The van der Waals surface area contributed by atoms with Crippen LogP contribution in [0.3, 0.4) is 0 Å². The third-order valence-corrected chi connectivity index (χ3v) is 3.51. The number of hydrogen-bond donors (Lipinski definition) is 3. The third-order valence-electron chi connectivity index (χ3n) is 3.51. The third kappa shape index (κ3) is 2.32. The zero-order valence-corrected chi connectivity index (χ0v) is 11.6. The average Bonchev–Trinajstić information content (AvgIpc) is 2.80. The number of hydrogen-bond acceptors (Lipinski definition) is 3. The summed E-state index contributed by atoms with van der Waals surface area (Å²) in [6.07, 6.45) is 0. The number of H-pyrrole nitrogens is 1. The summed E-state index contributed by atoms with van der Waals surface area (Å²) in [7, 11) is 0. The molecular weight excluding hydrogens is 248 g/mol. The van der Waals surface area contributed by atoms with Crippen LogP contribution < -0.4 is 11.1 Å². The number of benzene rings is 2. The van der Waals surface area contributed by atoms with Gasteiger partial charge in [-0.1, -0.05) is 24.3 Å². The average molecular weight is 266 g/mol. The van der Waals surface area contributed by atoms with Gasteiger partial charge in [-0.25, -0.2) is 4.98 Å². The predicted molar refractivity (Wildman–Crippen MR) is 83.7 cm³/mol. The monoisotopic (exact) mass is 266 g/mol. The minimum Gasteiger partial charge on any atom is -0.399 e. The van der Waals surface area contributed by atoms with Crippen molar-refractivity contribution >= 4 is 22.7 Å². The molecule has 1 atom stereocenters. The van der Waals surface area contributed by atoms with E-state index in [1.54, 1.807) is 0 Å². The van der Waals surface area contributed by atoms with Crippen molar-refractivity contribution in [2.24, 2.45) is 0 Å². The number of nitrogens with two attached hydrogens (primary N) is 1. The number of rotatable bonds is 3. The lowest BCUT2D eigenvalue weighted by Gasteiger charge is -2.15. The van der Waals surface area contributed by atoms with Gasteiger partial charge in [-0.05, 0) is 43.2 Å². The lowest BCUT2D eigenvalue weighted by atomic mass is 10.0. The molecule has 3 aromatic rings. The second kappa shape index (κ2) is 4.89. The minimum atomic E-state index is 0.189. The number of nitrogens with one attached hydrogen (secondary N) is 2. The molecule has 102 valence electrons. The summed E-state index contributed by atoms with van der Waals surface area (Å²) in [6, 6.07) is 14.2. The maximum absolute atomic E-state index is 5.78. The molecule has 0 aliphatic heterocycles. The number of nitrogen functional groups attached to an aromatic ring is 1. The van der Waals surface area contributed by atoms with E-state index in [0.29, 0.717) is 0 Å². The van der Waals surface area contributed by atoms with Crippen LogP contribution in [0, 0.1) is 6.92 Å². The molecule has 0 radical (unpaired) electrons. The maximum atomic E-state index is 5.78. The van der Waals surface area contributed by atoms with Crippen molar-refractivity contribution in [3.8, 4) is 0 Å². The molecule has 0 fully saturated rings. The molecule has 0 aliphatic carbocycles. The first-order valence-electron chi connectivity index (χ1n) is 6.71. The van der Waals surface area contributed by atoms with Crippen molar-refractivity contribution in [1.82, 2.24) is 9.97 Å². The number of aromatic amines is 1. The molecule has 1 heterocycles. The minimum absolute atomic E-state index is 0.189. The van der Waals surface area contributed by atoms with E-state index in [-0.39, 0.29) is 6.04 Å². The molecule has 4 heteroatoms. The molecule has 20 heavy (non-hydrogen) atoms. The summed E-state index contributed by atoms with van der Waals surface area (Å²) in [5.74, 6) is 0.765. The van der Waals surface area contributed by atoms with E-state index in [4.69, 9.17) is 5.73 Å². The summed E-state index contributed by atoms with van der Waals surface area (Å²) < 4.78 is 0. The Morgan fingerprint density at radius 1 is 1.20 bits per heavy atom. The molecule has 1 aromatic heterocycles. The van der Waals surface area contributed by atoms with Crippen LogP contribution in [0.15, 0.2) is 42.5 Å². The molecule has 0 saturated carbocycles. The van der Waals surface area contributed by atoms with Crippen LogP contribution in [0.2, 0.25) is 0 Å². The van der Waals surface area contributed by atoms with E-state index >= 15 is 0 Å². The van der Waals surface area contributed by atoms with Crippen LogP contribution in [0.4, 0.5) is 11.6 Å². The molecule has 3 rings (SSSR count). The van der Waals surface area contributed by atoms with Gasteiger partial charge in [-0.2, -0.15) is 0 Å². The lowest BCUT2D eigenvalue weighted by Crippen LogP contribution is -2.09. The van der Waals surface area contributed by atoms with Crippen LogP contribution in [-0.4, -0.2) is 9.97 Å². The van der Waals surface area contributed by atoms with Crippen molar-refractivity contribution in [3.05, 3.63) is 53.6 Å². The highest BCUT2D eigenvalue weighted by Crippen LogP contribution is 2.23. The molecular formula is C16H18N4. The first-order valence-corrected chi connectivity index (χ1v) is 6.71. The Labute approximate surface area is 118 Å². The normalized spacial score (nSPS) is 12.5. The largest absolute Gasteiger partial charge is 0.399 e. The van der Waals surface area contributed by atoms with Gasteiger partial charge in [0.05, 0.1) is 17.1 Å². The van der Waals surface area contributed by atoms with Gasteiger partial charge in [0.25, 0.3) is 0 Å². The number of fused-ring (bicyclic) bond motifs is 1. The smallest absolute Gasteiger partial charge is 0.201 e. The second-order valence-corrected chi connectivity index (χ2v) is 5.08. The number of anilines is 2. The number of imidazole rings is 1. The summed E-state index contributed by atoms with van der Waals surface area (Å²) in [6.45, 7) is 4.25. The van der Waals surface area contributed by atoms with E-state index in [1.165, 1.54) is 11.1 Å². The quantitative estimate of drug-likeness (QED) is 0.634.